The molecule has 4 bridgehead atoms. The van der Waals surface area contributed by atoms with Crippen molar-refractivity contribution in [2.75, 3.05) is 13.2 Å². The van der Waals surface area contributed by atoms with E-state index >= 15 is 0 Å². The summed E-state index contributed by atoms with van der Waals surface area (Å²) in [5.74, 6) is 2.35. The lowest BCUT2D eigenvalue weighted by Gasteiger charge is -2.56. The van der Waals surface area contributed by atoms with Gasteiger partial charge in [0.25, 0.3) is 5.91 Å². The number of ether oxygens (including phenoxy) is 1. The summed E-state index contributed by atoms with van der Waals surface area (Å²) in [5.41, 5.74) is 1.13. The summed E-state index contributed by atoms with van der Waals surface area (Å²) in [7, 11) is 0. The van der Waals surface area contributed by atoms with Crippen LogP contribution in [0.15, 0.2) is 4.52 Å². The Morgan fingerprint density at radius 3 is 2.33 bits per heavy atom. The molecule has 148 valence electrons. The highest BCUT2D eigenvalue weighted by atomic mass is 16.5. The zero-order valence-corrected chi connectivity index (χ0v) is 16.5. The molecule has 0 aromatic carbocycles. The molecule has 0 unspecified atom stereocenters. The Bertz CT molecular complexity index is 701. The van der Waals surface area contributed by atoms with Crippen LogP contribution in [0.3, 0.4) is 0 Å². The number of aryl methyl sites for hydroxylation is 1. The molecular formula is C21H30N2O4. The second-order valence-corrected chi connectivity index (χ2v) is 9.43. The fraction of sp³-hybridized carbons (Fsp3) is 0.762. The van der Waals surface area contributed by atoms with Crippen molar-refractivity contribution in [3.63, 3.8) is 0 Å². The van der Waals surface area contributed by atoms with E-state index in [-0.39, 0.29) is 23.8 Å². The summed E-state index contributed by atoms with van der Waals surface area (Å²) in [4.78, 5) is 24.7. The van der Waals surface area contributed by atoms with Crippen LogP contribution in [0.2, 0.25) is 0 Å². The Labute approximate surface area is 160 Å². The number of nitrogens with zero attached hydrogens (tertiary/aromatic N) is 1. The number of nitrogens with one attached hydrogen (secondary N) is 1. The molecule has 0 atom stereocenters. The number of hydrogen-bond donors (Lipinski definition) is 1. The van der Waals surface area contributed by atoms with Gasteiger partial charge in [0.2, 0.25) is 0 Å². The molecule has 1 aromatic rings. The van der Waals surface area contributed by atoms with Crippen LogP contribution in [-0.4, -0.2) is 30.2 Å². The third kappa shape index (κ3) is 3.63. The topological polar surface area (TPSA) is 81.4 Å². The molecule has 0 radical (unpaired) electrons. The lowest BCUT2D eigenvalue weighted by molar-refractivity contribution is -0.126. The standard InChI is InChI=1S/C21H30N2O4/c1-12(2)19-18(13(3)23-27-19)20(25)26-10-17(24)22-11-21-7-14-4-15(8-21)6-16(5-14)9-21/h12,14-16H,4-11H2,1-3H3,(H,22,24). The molecule has 4 fully saturated rings. The van der Waals surface area contributed by atoms with Gasteiger partial charge in [0.1, 0.15) is 5.56 Å². The van der Waals surface area contributed by atoms with Gasteiger partial charge in [-0.3, -0.25) is 4.79 Å². The van der Waals surface area contributed by atoms with E-state index in [4.69, 9.17) is 9.26 Å². The summed E-state index contributed by atoms with van der Waals surface area (Å²) in [6.45, 7) is 6.02. The molecule has 4 aliphatic carbocycles. The van der Waals surface area contributed by atoms with Crippen molar-refractivity contribution in [1.29, 1.82) is 0 Å². The number of carbonyl (C=O) groups is 2. The van der Waals surface area contributed by atoms with Crippen molar-refractivity contribution in [3.05, 3.63) is 17.0 Å². The Hall–Kier alpha value is -1.85. The van der Waals surface area contributed by atoms with E-state index in [0.717, 1.165) is 24.3 Å². The highest BCUT2D eigenvalue weighted by Gasteiger charge is 2.50. The lowest BCUT2D eigenvalue weighted by Crippen LogP contribution is -2.51. The predicted octanol–water partition coefficient (Wildman–Crippen LogP) is 3.60. The molecule has 5 rings (SSSR count). The first-order valence-corrected chi connectivity index (χ1v) is 10.3. The monoisotopic (exact) mass is 374 g/mol. The molecule has 0 spiro atoms. The Balaban J connectivity index is 1.29. The maximum Gasteiger partial charge on any atom is 0.344 e. The van der Waals surface area contributed by atoms with Crippen LogP contribution in [-0.2, 0) is 9.53 Å². The van der Waals surface area contributed by atoms with Gasteiger partial charge >= 0.3 is 5.97 Å². The minimum absolute atomic E-state index is 0.0265. The zero-order chi connectivity index (χ0) is 19.2. The maximum absolute atomic E-state index is 12.4. The van der Waals surface area contributed by atoms with E-state index in [1.807, 2.05) is 13.8 Å². The Morgan fingerprint density at radius 2 is 1.78 bits per heavy atom. The number of aromatic nitrogens is 1. The second-order valence-electron chi connectivity index (χ2n) is 9.43. The molecular weight excluding hydrogens is 344 g/mol. The number of esters is 1. The van der Waals surface area contributed by atoms with Gasteiger partial charge in [-0.2, -0.15) is 0 Å². The summed E-state index contributed by atoms with van der Waals surface area (Å²) in [6.07, 6.45) is 7.91. The van der Waals surface area contributed by atoms with Crippen LogP contribution >= 0.6 is 0 Å². The number of rotatable bonds is 6. The summed E-state index contributed by atoms with van der Waals surface area (Å²) >= 11 is 0. The Kier molecular flexibility index (Phi) is 4.77. The smallest absolute Gasteiger partial charge is 0.344 e. The lowest BCUT2D eigenvalue weighted by atomic mass is 9.49. The van der Waals surface area contributed by atoms with Crippen LogP contribution in [0.4, 0.5) is 0 Å². The highest BCUT2D eigenvalue weighted by molar-refractivity contribution is 5.93. The van der Waals surface area contributed by atoms with Crippen molar-refractivity contribution in [1.82, 2.24) is 10.5 Å². The first-order chi connectivity index (χ1) is 12.8. The van der Waals surface area contributed by atoms with E-state index in [1.54, 1.807) is 6.92 Å². The molecule has 1 amide bonds. The molecule has 4 saturated carbocycles. The fourth-order valence-electron chi connectivity index (χ4n) is 6.08. The van der Waals surface area contributed by atoms with Crippen molar-refractivity contribution in [2.24, 2.45) is 23.2 Å². The van der Waals surface area contributed by atoms with Crippen LogP contribution in [0.1, 0.15) is 80.1 Å². The highest BCUT2D eigenvalue weighted by Crippen LogP contribution is 2.59. The first-order valence-electron chi connectivity index (χ1n) is 10.3. The van der Waals surface area contributed by atoms with E-state index in [0.29, 0.717) is 17.0 Å². The van der Waals surface area contributed by atoms with Gasteiger partial charge < -0.3 is 14.6 Å². The molecule has 1 heterocycles. The van der Waals surface area contributed by atoms with Crippen LogP contribution in [0, 0.1) is 30.1 Å². The molecule has 27 heavy (non-hydrogen) atoms. The summed E-state index contributed by atoms with van der Waals surface area (Å²) in [6, 6.07) is 0. The molecule has 0 aliphatic heterocycles. The van der Waals surface area contributed by atoms with Crippen LogP contribution in [0.5, 0.6) is 0 Å². The van der Waals surface area contributed by atoms with Crippen molar-refractivity contribution < 1.29 is 18.8 Å². The van der Waals surface area contributed by atoms with Crippen molar-refractivity contribution in [3.8, 4) is 0 Å². The van der Waals surface area contributed by atoms with E-state index in [2.05, 4.69) is 10.5 Å². The number of carbonyl (C=O) groups excluding carboxylic acids is 2. The van der Waals surface area contributed by atoms with Gasteiger partial charge in [0.05, 0.1) is 5.69 Å². The van der Waals surface area contributed by atoms with Gasteiger partial charge in [-0.15, -0.1) is 0 Å². The third-order valence-corrected chi connectivity index (χ3v) is 6.78. The van der Waals surface area contributed by atoms with Gasteiger partial charge in [-0.05, 0) is 68.6 Å². The van der Waals surface area contributed by atoms with E-state index in [9.17, 15) is 9.59 Å². The fourth-order valence-corrected chi connectivity index (χ4v) is 6.08. The van der Waals surface area contributed by atoms with Gasteiger partial charge in [0, 0.05) is 12.5 Å². The Morgan fingerprint density at radius 1 is 1.19 bits per heavy atom. The van der Waals surface area contributed by atoms with Gasteiger partial charge in [-0.25, -0.2) is 4.79 Å². The van der Waals surface area contributed by atoms with Crippen LogP contribution in [0.25, 0.3) is 0 Å². The average Bonchev–Trinajstić information content (AvgIpc) is 2.99. The van der Waals surface area contributed by atoms with E-state index < -0.39 is 5.97 Å². The second kappa shape index (κ2) is 6.95. The summed E-state index contributed by atoms with van der Waals surface area (Å²) in [5, 5.41) is 6.89. The molecule has 1 aromatic heterocycles. The van der Waals surface area contributed by atoms with Gasteiger partial charge in [0.15, 0.2) is 12.4 Å². The van der Waals surface area contributed by atoms with Gasteiger partial charge in [-0.1, -0.05) is 19.0 Å². The molecule has 0 saturated heterocycles. The average molecular weight is 374 g/mol. The normalized spacial score (nSPS) is 31.3. The van der Waals surface area contributed by atoms with Crippen molar-refractivity contribution in [2.45, 2.75) is 65.2 Å². The predicted molar refractivity (Wildman–Crippen MR) is 99.2 cm³/mol. The molecule has 6 nitrogen and oxygen atoms in total. The zero-order valence-electron chi connectivity index (χ0n) is 16.5. The minimum atomic E-state index is -0.539. The number of amides is 1. The third-order valence-electron chi connectivity index (χ3n) is 6.78. The summed E-state index contributed by atoms with van der Waals surface area (Å²) < 4.78 is 10.5. The first kappa shape index (κ1) is 18.5. The maximum atomic E-state index is 12.4. The minimum Gasteiger partial charge on any atom is -0.452 e. The van der Waals surface area contributed by atoms with E-state index in [1.165, 1.54) is 38.5 Å². The number of hydrogen-bond acceptors (Lipinski definition) is 5. The van der Waals surface area contributed by atoms with Crippen LogP contribution < -0.4 is 5.32 Å². The largest absolute Gasteiger partial charge is 0.452 e. The van der Waals surface area contributed by atoms with Crippen molar-refractivity contribution >= 4 is 11.9 Å². The molecule has 4 aliphatic rings. The SMILES string of the molecule is Cc1noc(C(C)C)c1C(=O)OCC(=O)NCC12CC3CC(CC(C3)C1)C2. The molecule has 6 heteroatoms. The molecule has 1 N–H and O–H groups in total. The quantitative estimate of drug-likeness (QED) is 0.770.